The van der Waals surface area contributed by atoms with Crippen molar-refractivity contribution in [3.8, 4) is 21.1 Å². The predicted octanol–water partition coefficient (Wildman–Crippen LogP) is 4.61. The van der Waals surface area contributed by atoms with Crippen molar-refractivity contribution in [1.29, 1.82) is 0 Å². The van der Waals surface area contributed by atoms with Gasteiger partial charge in [0.2, 0.25) is 0 Å². The van der Waals surface area contributed by atoms with Crippen LogP contribution in [0.4, 0.5) is 0 Å². The third-order valence-electron chi connectivity index (χ3n) is 3.63. The maximum atomic E-state index is 6.41. The Balaban J connectivity index is 1.90. The second kappa shape index (κ2) is 6.99. The molecule has 6 nitrogen and oxygen atoms in total. The molecule has 128 valence electrons. The van der Waals surface area contributed by atoms with Crippen LogP contribution in [-0.2, 0) is 0 Å². The minimum atomic E-state index is 0.392. The van der Waals surface area contributed by atoms with Crippen molar-refractivity contribution < 1.29 is 0 Å². The van der Waals surface area contributed by atoms with E-state index in [-0.39, 0.29) is 0 Å². The summed E-state index contributed by atoms with van der Waals surface area (Å²) in [5.74, 6) is 0.497. The summed E-state index contributed by atoms with van der Waals surface area (Å²) in [6.07, 6.45) is 4.89. The van der Waals surface area contributed by atoms with Crippen LogP contribution in [0.5, 0.6) is 0 Å². The van der Waals surface area contributed by atoms with Crippen LogP contribution in [0.2, 0.25) is 5.15 Å². The molecule has 0 radical (unpaired) electrons. The van der Waals surface area contributed by atoms with Crippen LogP contribution in [0.15, 0.2) is 46.2 Å². The molecule has 9 heteroatoms. The molecule has 4 heterocycles. The second-order valence-corrected chi connectivity index (χ2v) is 7.44. The SMILES string of the molecule is C=NC(=NC)c1nc(-c2sc(-c3cncnc3)nc2Cl)cc2ccsc12. The molecule has 0 aromatic carbocycles. The molecule has 0 N–H and O–H groups in total. The molecule has 0 aliphatic rings. The minimum absolute atomic E-state index is 0.392. The molecule has 0 saturated heterocycles. The van der Waals surface area contributed by atoms with Crippen LogP contribution < -0.4 is 0 Å². The average Bonchev–Trinajstić information content (AvgIpc) is 3.29. The summed E-state index contributed by atoms with van der Waals surface area (Å²) in [6, 6.07) is 4.03. The first kappa shape index (κ1) is 16.9. The van der Waals surface area contributed by atoms with Crippen LogP contribution in [-0.4, -0.2) is 39.5 Å². The van der Waals surface area contributed by atoms with E-state index in [1.54, 1.807) is 30.8 Å². The highest BCUT2D eigenvalue weighted by Gasteiger charge is 2.18. The van der Waals surface area contributed by atoms with Gasteiger partial charge in [0.25, 0.3) is 0 Å². The van der Waals surface area contributed by atoms with Gasteiger partial charge in [-0.1, -0.05) is 11.6 Å². The molecular weight excluding hydrogens is 388 g/mol. The van der Waals surface area contributed by atoms with Crippen LogP contribution in [0.1, 0.15) is 5.69 Å². The van der Waals surface area contributed by atoms with E-state index in [1.165, 1.54) is 17.7 Å². The average molecular weight is 399 g/mol. The molecule has 0 fully saturated rings. The van der Waals surface area contributed by atoms with Gasteiger partial charge >= 0.3 is 0 Å². The molecular formula is C17H11ClN6S2. The van der Waals surface area contributed by atoms with Crippen LogP contribution >= 0.6 is 34.3 Å². The molecule has 0 bridgehead atoms. The van der Waals surface area contributed by atoms with Crippen molar-refractivity contribution in [2.75, 3.05) is 7.05 Å². The van der Waals surface area contributed by atoms with Gasteiger partial charge in [-0.05, 0) is 29.6 Å². The van der Waals surface area contributed by atoms with E-state index in [2.05, 4.69) is 31.7 Å². The van der Waals surface area contributed by atoms with Crippen molar-refractivity contribution in [3.05, 3.63) is 47.1 Å². The number of amidine groups is 1. The summed E-state index contributed by atoms with van der Waals surface area (Å²) in [6.45, 7) is 3.60. The van der Waals surface area contributed by atoms with E-state index in [9.17, 15) is 0 Å². The molecule has 26 heavy (non-hydrogen) atoms. The fourth-order valence-electron chi connectivity index (χ4n) is 2.49. The standard InChI is InChI=1S/C17H11ClN6S2/c1-19-16(20-2)12-13-9(3-4-25-13)5-11(23-12)14-15(18)24-17(26-14)10-6-21-8-22-7-10/h3-8H,1H2,2H3. The Hall–Kier alpha value is -2.55. The van der Waals surface area contributed by atoms with Crippen molar-refractivity contribution in [2.45, 2.75) is 0 Å². The number of thiazole rings is 1. The Morgan fingerprint density at radius 1 is 1.23 bits per heavy atom. The number of nitrogens with zero attached hydrogens (tertiary/aromatic N) is 6. The Morgan fingerprint density at radius 3 is 2.77 bits per heavy atom. The lowest BCUT2D eigenvalue weighted by atomic mass is 10.2. The van der Waals surface area contributed by atoms with Crippen LogP contribution in [0.3, 0.4) is 0 Å². The molecule has 4 aromatic rings. The van der Waals surface area contributed by atoms with E-state index in [4.69, 9.17) is 16.6 Å². The van der Waals surface area contributed by atoms with Gasteiger partial charge in [0.05, 0.1) is 15.3 Å². The predicted molar refractivity (Wildman–Crippen MR) is 109 cm³/mol. The number of aromatic nitrogens is 4. The van der Waals surface area contributed by atoms with E-state index < -0.39 is 0 Å². The lowest BCUT2D eigenvalue weighted by Crippen LogP contribution is -2.01. The van der Waals surface area contributed by atoms with Gasteiger partial charge in [-0.25, -0.2) is 24.9 Å². The number of halogens is 1. The number of hydrogen-bond donors (Lipinski definition) is 0. The summed E-state index contributed by atoms with van der Waals surface area (Å²) in [4.78, 5) is 26.2. The first-order valence-corrected chi connectivity index (χ1v) is 9.53. The van der Waals surface area contributed by atoms with E-state index in [0.717, 1.165) is 31.2 Å². The number of aliphatic imine (C=N–C) groups is 2. The number of hydrogen-bond acceptors (Lipinski definition) is 7. The van der Waals surface area contributed by atoms with Gasteiger partial charge in [0, 0.05) is 25.0 Å². The van der Waals surface area contributed by atoms with E-state index in [0.29, 0.717) is 16.7 Å². The highest BCUT2D eigenvalue weighted by Crippen LogP contribution is 2.39. The minimum Gasteiger partial charge on any atom is -0.268 e. The zero-order chi connectivity index (χ0) is 18.1. The van der Waals surface area contributed by atoms with Gasteiger partial charge in [0.1, 0.15) is 22.2 Å². The summed E-state index contributed by atoms with van der Waals surface area (Å²) in [5, 5.41) is 4.19. The van der Waals surface area contributed by atoms with Gasteiger partial charge in [-0.2, -0.15) is 0 Å². The van der Waals surface area contributed by atoms with E-state index >= 15 is 0 Å². The van der Waals surface area contributed by atoms with Gasteiger partial charge in [-0.15, -0.1) is 22.7 Å². The summed E-state index contributed by atoms with van der Waals surface area (Å²) >= 11 is 9.44. The molecule has 0 aliphatic carbocycles. The fraction of sp³-hybridized carbons (Fsp3) is 0.0588. The molecule has 0 atom stereocenters. The summed E-state index contributed by atoms with van der Waals surface area (Å²) < 4.78 is 1.01. The third kappa shape index (κ3) is 2.92. The van der Waals surface area contributed by atoms with Crippen molar-refractivity contribution >= 4 is 56.9 Å². The zero-order valence-electron chi connectivity index (χ0n) is 13.5. The molecule has 0 amide bonds. The molecule has 0 unspecified atom stereocenters. The normalized spacial score (nSPS) is 11.8. The molecule has 0 aliphatic heterocycles. The first-order valence-electron chi connectivity index (χ1n) is 7.45. The maximum absolute atomic E-state index is 6.41. The van der Waals surface area contributed by atoms with Crippen molar-refractivity contribution in [2.24, 2.45) is 9.98 Å². The summed E-state index contributed by atoms with van der Waals surface area (Å²) in [5.41, 5.74) is 2.23. The number of fused-ring (bicyclic) bond motifs is 1. The lowest BCUT2D eigenvalue weighted by molar-refractivity contribution is 1.17. The number of thiophene rings is 1. The van der Waals surface area contributed by atoms with Crippen LogP contribution in [0, 0.1) is 0 Å². The highest BCUT2D eigenvalue weighted by molar-refractivity contribution is 7.19. The maximum Gasteiger partial charge on any atom is 0.174 e. The Kier molecular flexibility index (Phi) is 4.54. The Morgan fingerprint density at radius 2 is 2.04 bits per heavy atom. The Labute approximate surface area is 162 Å². The molecule has 0 saturated carbocycles. The lowest BCUT2D eigenvalue weighted by Gasteiger charge is -2.05. The Bertz CT molecular complexity index is 1130. The molecule has 4 rings (SSSR count). The number of pyridine rings is 1. The monoisotopic (exact) mass is 398 g/mol. The second-order valence-electron chi connectivity index (χ2n) is 5.17. The van der Waals surface area contributed by atoms with Gasteiger partial charge in [0.15, 0.2) is 5.84 Å². The smallest absolute Gasteiger partial charge is 0.174 e. The zero-order valence-corrected chi connectivity index (χ0v) is 15.9. The van der Waals surface area contributed by atoms with Crippen molar-refractivity contribution in [3.63, 3.8) is 0 Å². The topological polar surface area (TPSA) is 76.3 Å². The molecule has 0 spiro atoms. The van der Waals surface area contributed by atoms with Gasteiger partial charge < -0.3 is 0 Å². The quantitative estimate of drug-likeness (QED) is 0.373. The first-order chi connectivity index (χ1) is 12.7. The highest BCUT2D eigenvalue weighted by atomic mass is 35.5. The third-order valence-corrected chi connectivity index (χ3v) is 6.08. The summed E-state index contributed by atoms with van der Waals surface area (Å²) in [7, 11) is 1.67. The molecule has 4 aromatic heterocycles. The largest absolute Gasteiger partial charge is 0.268 e. The van der Waals surface area contributed by atoms with Gasteiger partial charge in [-0.3, -0.25) is 4.99 Å². The number of rotatable bonds is 3. The van der Waals surface area contributed by atoms with Crippen LogP contribution in [0.25, 0.3) is 31.2 Å². The van der Waals surface area contributed by atoms with E-state index in [1.807, 2.05) is 17.5 Å². The van der Waals surface area contributed by atoms with Crippen molar-refractivity contribution in [1.82, 2.24) is 19.9 Å². The fourth-order valence-corrected chi connectivity index (χ4v) is 4.59.